The summed E-state index contributed by atoms with van der Waals surface area (Å²) in [5.74, 6) is 0. The van der Waals surface area contributed by atoms with Crippen molar-refractivity contribution in [2.45, 2.75) is 43.9 Å². The zero-order valence-corrected chi connectivity index (χ0v) is 11.4. The minimum absolute atomic E-state index is 0.273. The molecule has 0 aromatic heterocycles. The molecule has 0 atom stereocenters. The van der Waals surface area contributed by atoms with Crippen molar-refractivity contribution >= 4 is 5.69 Å². The van der Waals surface area contributed by atoms with Gasteiger partial charge in [0.05, 0.1) is 0 Å². The predicted molar refractivity (Wildman–Crippen MR) is 77.2 cm³/mol. The maximum Gasteiger partial charge on any atom is 0.0399 e. The first-order valence-corrected chi connectivity index (χ1v) is 7.30. The lowest BCUT2D eigenvalue weighted by Gasteiger charge is -2.38. The van der Waals surface area contributed by atoms with Crippen LogP contribution in [0.25, 0.3) is 0 Å². The molecule has 2 heteroatoms. The molecule has 1 aromatic carbocycles. The Morgan fingerprint density at radius 3 is 2.72 bits per heavy atom. The number of anilines is 1. The number of hydrogen-bond acceptors (Lipinski definition) is 2. The molecule has 18 heavy (non-hydrogen) atoms. The van der Waals surface area contributed by atoms with Crippen LogP contribution in [0.4, 0.5) is 5.69 Å². The molecule has 3 rings (SSSR count). The van der Waals surface area contributed by atoms with Crippen LogP contribution in [-0.2, 0) is 11.8 Å². The van der Waals surface area contributed by atoms with Gasteiger partial charge in [-0.1, -0.05) is 31.4 Å². The van der Waals surface area contributed by atoms with Crippen molar-refractivity contribution in [2.75, 3.05) is 25.0 Å². The normalized spacial score (nSPS) is 22.0. The molecule has 0 unspecified atom stereocenters. The van der Waals surface area contributed by atoms with Crippen LogP contribution in [-0.4, -0.2) is 20.1 Å². The molecule has 0 radical (unpaired) electrons. The standard InChI is InChI=1S/C16H24N2/c1-18-11-8-13-14(6-5-7-15(13)18)16(12-17)9-3-2-4-10-16/h5-7H,2-4,8-12,17H2,1H3. The molecular weight excluding hydrogens is 220 g/mol. The van der Waals surface area contributed by atoms with Crippen molar-refractivity contribution in [3.05, 3.63) is 29.3 Å². The van der Waals surface area contributed by atoms with E-state index in [-0.39, 0.29) is 5.41 Å². The molecule has 1 saturated carbocycles. The lowest BCUT2D eigenvalue weighted by Crippen LogP contribution is -2.37. The van der Waals surface area contributed by atoms with Crippen molar-refractivity contribution < 1.29 is 0 Å². The summed E-state index contributed by atoms with van der Waals surface area (Å²) in [6, 6.07) is 6.83. The highest BCUT2D eigenvalue weighted by Gasteiger charge is 2.36. The van der Waals surface area contributed by atoms with E-state index in [4.69, 9.17) is 5.73 Å². The van der Waals surface area contributed by atoms with Crippen LogP contribution in [0.5, 0.6) is 0 Å². The maximum absolute atomic E-state index is 6.19. The van der Waals surface area contributed by atoms with Gasteiger partial charge in [-0.15, -0.1) is 0 Å². The molecular formula is C16H24N2. The van der Waals surface area contributed by atoms with E-state index in [1.54, 1.807) is 11.1 Å². The van der Waals surface area contributed by atoms with E-state index in [2.05, 4.69) is 30.1 Å². The van der Waals surface area contributed by atoms with E-state index in [0.29, 0.717) is 0 Å². The van der Waals surface area contributed by atoms with Crippen LogP contribution in [0, 0.1) is 0 Å². The molecule has 0 amide bonds. The Morgan fingerprint density at radius 1 is 1.22 bits per heavy atom. The highest BCUT2D eigenvalue weighted by Crippen LogP contribution is 2.43. The first-order chi connectivity index (χ1) is 8.77. The number of fused-ring (bicyclic) bond motifs is 1. The van der Waals surface area contributed by atoms with Gasteiger partial charge in [-0.25, -0.2) is 0 Å². The van der Waals surface area contributed by atoms with E-state index in [1.807, 2.05) is 0 Å². The fourth-order valence-corrected chi connectivity index (χ4v) is 3.90. The average molecular weight is 244 g/mol. The number of likely N-dealkylation sites (N-methyl/N-ethyl adjacent to an activating group) is 1. The van der Waals surface area contributed by atoms with E-state index < -0.39 is 0 Å². The molecule has 0 spiro atoms. The van der Waals surface area contributed by atoms with Gasteiger partial charge >= 0.3 is 0 Å². The fourth-order valence-electron chi connectivity index (χ4n) is 3.90. The zero-order valence-electron chi connectivity index (χ0n) is 11.4. The SMILES string of the molecule is CN1CCc2c1cccc2C1(CN)CCCCC1. The molecule has 2 aliphatic rings. The largest absolute Gasteiger partial charge is 0.374 e. The van der Waals surface area contributed by atoms with Crippen LogP contribution >= 0.6 is 0 Å². The Balaban J connectivity index is 2.06. The Kier molecular flexibility index (Phi) is 3.06. The maximum atomic E-state index is 6.19. The molecule has 1 fully saturated rings. The summed E-state index contributed by atoms with van der Waals surface area (Å²) in [6.07, 6.45) is 7.83. The van der Waals surface area contributed by atoms with Crippen LogP contribution in [0.2, 0.25) is 0 Å². The van der Waals surface area contributed by atoms with Crippen LogP contribution in [0.15, 0.2) is 18.2 Å². The van der Waals surface area contributed by atoms with Gasteiger partial charge in [0.25, 0.3) is 0 Å². The van der Waals surface area contributed by atoms with E-state index >= 15 is 0 Å². The van der Waals surface area contributed by atoms with Crippen molar-refractivity contribution in [3.8, 4) is 0 Å². The summed E-state index contributed by atoms with van der Waals surface area (Å²) in [6.45, 7) is 1.97. The molecule has 1 heterocycles. The lowest BCUT2D eigenvalue weighted by atomic mass is 9.68. The number of rotatable bonds is 2. The average Bonchev–Trinajstić information content (AvgIpc) is 2.81. The second-order valence-electron chi connectivity index (χ2n) is 6.02. The first-order valence-electron chi connectivity index (χ1n) is 7.30. The Morgan fingerprint density at radius 2 is 2.00 bits per heavy atom. The second-order valence-corrected chi connectivity index (χ2v) is 6.02. The molecule has 0 saturated heterocycles. The van der Waals surface area contributed by atoms with E-state index in [1.165, 1.54) is 44.2 Å². The highest BCUT2D eigenvalue weighted by molar-refractivity contribution is 5.62. The third-order valence-corrected chi connectivity index (χ3v) is 5.03. The molecule has 1 aliphatic carbocycles. The fraction of sp³-hybridized carbons (Fsp3) is 0.625. The number of nitrogens with zero attached hydrogens (tertiary/aromatic N) is 1. The Bertz CT molecular complexity index is 433. The van der Waals surface area contributed by atoms with E-state index in [0.717, 1.165) is 13.1 Å². The van der Waals surface area contributed by atoms with Crippen LogP contribution in [0.3, 0.4) is 0 Å². The highest BCUT2D eigenvalue weighted by atomic mass is 15.1. The van der Waals surface area contributed by atoms with Gasteiger partial charge in [-0.3, -0.25) is 0 Å². The Labute approximate surface area is 110 Å². The van der Waals surface area contributed by atoms with Crippen molar-refractivity contribution in [2.24, 2.45) is 5.73 Å². The summed E-state index contributed by atoms with van der Waals surface area (Å²) >= 11 is 0. The zero-order chi connectivity index (χ0) is 12.6. The minimum Gasteiger partial charge on any atom is -0.374 e. The van der Waals surface area contributed by atoms with E-state index in [9.17, 15) is 0 Å². The summed E-state index contributed by atoms with van der Waals surface area (Å²) in [7, 11) is 2.20. The van der Waals surface area contributed by atoms with Gasteiger partial charge in [0, 0.05) is 31.2 Å². The van der Waals surface area contributed by atoms with Crippen LogP contribution < -0.4 is 10.6 Å². The van der Waals surface area contributed by atoms with Crippen molar-refractivity contribution in [1.82, 2.24) is 0 Å². The number of nitrogens with two attached hydrogens (primary N) is 1. The topological polar surface area (TPSA) is 29.3 Å². The number of hydrogen-bond donors (Lipinski definition) is 1. The lowest BCUT2D eigenvalue weighted by molar-refractivity contribution is 0.299. The molecule has 1 aliphatic heterocycles. The summed E-state index contributed by atoms with van der Waals surface area (Å²) in [4.78, 5) is 2.38. The molecule has 1 aromatic rings. The Hall–Kier alpha value is -1.02. The van der Waals surface area contributed by atoms with Gasteiger partial charge < -0.3 is 10.6 Å². The minimum atomic E-state index is 0.273. The van der Waals surface area contributed by atoms with Gasteiger partial charge in [0.1, 0.15) is 0 Å². The van der Waals surface area contributed by atoms with Gasteiger partial charge in [0.2, 0.25) is 0 Å². The number of benzene rings is 1. The molecule has 2 N–H and O–H groups in total. The third-order valence-electron chi connectivity index (χ3n) is 5.03. The monoisotopic (exact) mass is 244 g/mol. The van der Waals surface area contributed by atoms with Gasteiger partial charge in [0.15, 0.2) is 0 Å². The van der Waals surface area contributed by atoms with Crippen LogP contribution in [0.1, 0.15) is 43.2 Å². The van der Waals surface area contributed by atoms with Crippen molar-refractivity contribution in [1.29, 1.82) is 0 Å². The quantitative estimate of drug-likeness (QED) is 0.867. The van der Waals surface area contributed by atoms with Gasteiger partial charge in [-0.05, 0) is 36.5 Å². The molecule has 98 valence electrons. The van der Waals surface area contributed by atoms with Crippen molar-refractivity contribution in [3.63, 3.8) is 0 Å². The third kappa shape index (κ3) is 1.74. The van der Waals surface area contributed by atoms with Gasteiger partial charge in [-0.2, -0.15) is 0 Å². The molecule has 0 bridgehead atoms. The predicted octanol–water partition coefficient (Wildman–Crippen LogP) is 2.84. The first kappa shape index (κ1) is 12.0. The summed E-state index contributed by atoms with van der Waals surface area (Å²) in [5.41, 5.74) is 11.0. The summed E-state index contributed by atoms with van der Waals surface area (Å²) in [5, 5.41) is 0. The summed E-state index contributed by atoms with van der Waals surface area (Å²) < 4.78 is 0. The molecule has 2 nitrogen and oxygen atoms in total. The smallest absolute Gasteiger partial charge is 0.0399 e. The second kappa shape index (κ2) is 4.58.